The predicted molar refractivity (Wildman–Crippen MR) is 142 cm³/mol. The molecule has 4 N–H and O–H groups in total. The molecule has 0 radical (unpaired) electrons. The van der Waals surface area contributed by atoms with Crippen LogP contribution < -0.4 is 20.9 Å². The van der Waals surface area contributed by atoms with Gasteiger partial charge >= 0.3 is 0 Å². The number of aromatic amines is 1. The fourth-order valence-electron chi connectivity index (χ4n) is 4.92. The van der Waals surface area contributed by atoms with Crippen molar-refractivity contribution in [2.24, 2.45) is 5.73 Å². The zero-order chi connectivity index (χ0) is 24.5. The topological polar surface area (TPSA) is 121 Å². The fourth-order valence-corrected chi connectivity index (χ4v) is 4.92. The lowest BCUT2D eigenvalue weighted by Gasteiger charge is -2.31. The second-order valence-corrected chi connectivity index (χ2v) is 9.46. The fraction of sp³-hybridized carbons (Fsp3) is 0.385. The number of nitrogens with zero attached hydrogens (tertiary/aromatic N) is 6. The summed E-state index contributed by atoms with van der Waals surface area (Å²) < 4.78 is 5.49. The number of H-pyrrole nitrogens is 1. The van der Waals surface area contributed by atoms with Crippen molar-refractivity contribution < 1.29 is 4.74 Å². The van der Waals surface area contributed by atoms with E-state index < -0.39 is 0 Å². The lowest BCUT2D eigenvalue weighted by atomic mass is 10.1. The van der Waals surface area contributed by atoms with E-state index in [0.29, 0.717) is 0 Å². The van der Waals surface area contributed by atoms with E-state index in [0.717, 1.165) is 103 Å². The van der Waals surface area contributed by atoms with Gasteiger partial charge in [0.1, 0.15) is 17.8 Å². The van der Waals surface area contributed by atoms with E-state index in [4.69, 9.17) is 15.5 Å². The maximum Gasteiger partial charge on any atom is 0.225 e. The van der Waals surface area contributed by atoms with Crippen LogP contribution in [0.25, 0.3) is 22.3 Å². The molecule has 2 aliphatic rings. The summed E-state index contributed by atoms with van der Waals surface area (Å²) in [5.41, 5.74) is 11.8. The molecule has 2 fully saturated rings. The first-order valence-corrected chi connectivity index (χ1v) is 12.5. The number of benzene rings is 1. The van der Waals surface area contributed by atoms with Gasteiger partial charge in [-0.3, -0.25) is 0 Å². The Morgan fingerprint density at radius 3 is 2.67 bits per heavy atom. The van der Waals surface area contributed by atoms with Crippen molar-refractivity contribution in [3.8, 4) is 11.3 Å². The van der Waals surface area contributed by atoms with Crippen LogP contribution in [0.15, 0.2) is 42.9 Å². The highest BCUT2D eigenvalue weighted by Gasteiger charge is 2.20. The Bertz CT molecular complexity index is 1350. The zero-order valence-electron chi connectivity index (χ0n) is 20.4. The van der Waals surface area contributed by atoms with Gasteiger partial charge in [-0.2, -0.15) is 0 Å². The van der Waals surface area contributed by atoms with Crippen LogP contribution in [0.5, 0.6) is 0 Å². The highest BCUT2D eigenvalue weighted by atomic mass is 16.5. The van der Waals surface area contributed by atoms with Crippen LogP contribution in [0, 0.1) is 6.92 Å². The van der Waals surface area contributed by atoms with Crippen molar-refractivity contribution in [1.82, 2.24) is 24.9 Å². The van der Waals surface area contributed by atoms with Crippen molar-refractivity contribution in [3.05, 3.63) is 48.5 Å². The maximum atomic E-state index is 6.13. The minimum Gasteiger partial charge on any atom is -0.378 e. The average Bonchev–Trinajstić information content (AvgIpc) is 3.35. The number of hydrogen-bond acceptors (Lipinski definition) is 9. The minimum absolute atomic E-state index is 0.189. The number of fused-ring (bicyclic) bond motifs is 1. The Balaban J connectivity index is 1.19. The monoisotopic (exact) mass is 485 g/mol. The molecule has 0 amide bonds. The summed E-state index contributed by atoms with van der Waals surface area (Å²) in [6.45, 7) is 6.87. The van der Waals surface area contributed by atoms with Crippen molar-refractivity contribution in [3.63, 3.8) is 0 Å². The van der Waals surface area contributed by atoms with Gasteiger partial charge in [-0.1, -0.05) is 12.1 Å². The van der Waals surface area contributed by atoms with Gasteiger partial charge in [0.05, 0.1) is 36.2 Å². The second-order valence-electron chi connectivity index (χ2n) is 9.46. The Kier molecular flexibility index (Phi) is 6.12. The summed E-state index contributed by atoms with van der Waals surface area (Å²) in [5.74, 6) is 1.71. The molecular weight excluding hydrogens is 454 g/mol. The molecule has 5 heterocycles. The van der Waals surface area contributed by atoms with Crippen LogP contribution in [0.2, 0.25) is 0 Å². The number of nitrogens with two attached hydrogens (primary N) is 1. The average molecular weight is 486 g/mol. The largest absolute Gasteiger partial charge is 0.378 e. The van der Waals surface area contributed by atoms with E-state index in [1.807, 2.05) is 13.1 Å². The maximum absolute atomic E-state index is 6.13. The molecule has 1 atom stereocenters. The first-order chi connectivity index (χ1) is 17.6. The SMILES string of the molecule is Cc1nc(N2CCC[C@@H](N)C2)ncc1Nc1ccc(-c2cc3c(N4CCOCC4)ncnc3[nH]2)cc1. The van der Waals surface area contributed by atoms with E-state index in [1.54, 1.807) is 6.33 Å². The van der Waals surface area contributed by atoms with Gasteiger partial charge in [-0.15, -0.1) is 0 Å². The van der Waals surface area contributed by atoms with Gasteiger partial charge in [0.25, 0.3) is 0 Å². The number of hydrogen-bond donors (Lipinski definition) is 3. The third-order valence-corrected chi connectivity index (χ3v) is 6.90. The van der Waals surface area contributed by atoms with E-state index in [9.17, 15) is 0 Å². The van der Waals surface area contributed by atoms with Gasteiger partial charge < -0.3 is 30.6 Å². The summed E-state index contributed by atoms with van der Waals surface area (Å²) in [6.07, 6.45) is 5.62. The molecular formula is C26H31N9O. The lowest BCUT2D eigenvalue weighted by Crippen LogP contribution is -2.43. The van der Waals surface area contributed by atoms with Crippen molar-refractivity contribution in [1.29, 1.82) is 0 Å². The highest BCUT2D eigenvalue weighted by Crippen LogP contribution is 2.30. The van der Waals surface area contributed by atoms with Gasteiger partial charge in [-0.05, 0) is 43.5 Å². The Morgan fingerprint density at radius 1 is 1.06 bits per heavy atom. The lowest BCUT2D eigenvalue weighted by molar-refractivity contribution is 0.122. The minimum atomic E-state index is 0.189. The van der Waals surface area contributed by atoms with Crippen LogP contribution in [-0.4, -0.2) is 70.4 Å². The number of nitrogens with one attached hydrogen (secondary N) is 2. The van der Waals surface area contributed by atoms with Gasteiger partial charge in [0.2, 0.25) is 5.95 Å². The number of aryl methyl sites for hydroxylation is 1. The first-order valence-electron chi connectivity index (χ1n) is 12.5. The number of morpholine rings is 1. The van der Waals surface area contributed by atoms with Crippen molar-refractivity contribution in [2.75, 3.05) is 54.5 Å². The standard InChI is InChI=1S/C26H31N9O/c1-17-23(14-28-26(31-17)35-8-2-3-19(27)15-35)32-20-6-4-18(5-7-20)22-13-21-24(33-22)29-16-30-25(21)34-9-11-36-12-10-34/h4-7,13-14,16,19,32H,2-3,8-12,15,27H2,1H3,(H,29,30,33)/t19-/m1/s1. The second kappa shape index (κ2) is 9.71. The normalized spacial score (nSPS) is 18.6. The summed E-state index contributed by atoms with van der Waals surface area (Å²) in [6, 6.07) is 10.6. The van der Waals surface area contributed by atoms with Gasteiger partial charge in [0.15, 0.2) is 0 Å². The quantitative estimate of drug-likeness (QED) is 0.391. The molecule has 1 aromatic carbocycles. The van der Waals surface area contributed by atoms with E-state index in [2.05, 4.69) is 65.4 Å². The molecule has 6 rings (SSSR count). The van der Waals surface area contributed by atoms with E-state index in [1.165, 1.54) is 0 Å². The molecule has 10 nitrogen and oxygen atoms in total. The number of rotatable bonds is 5. The van der Waals surface area contributed by atoms with Crippen LogP contribution >= 0.6 is 0 Å². The molecule has 186 valence electrons. The molecule has 0 saturated carbocycles. The molecule has 0 unspecified atom stereocenters. The van der Waals surface area contributed by atoms with Crippen LogP contribution in [0.4, 0.5) is 23.1 Å². The van der Waals surface area contributed by atoms with E-state index in [-0.39, 0.29) is 6.04 Å². The molecule has 3 aromatic heterocycles. The molecule has 2 aliphatic heterocycles. The molecule has 10 heteroatoms. The molecule has 2 saturated heterocycles. The van der Waals surface area contributed by atoms with Crippen molar-refractivity contribution in [2.45, 2.75) is 25.8 Å². The number of ether oxygens (including phenoxy) is 1. The van der Waals surface area contributed by atoms with E-state index >= 15 is 0 Å². The Labute approximate surface area is 209 Å². The third kappa shape index (κ3) is 4.57. The smallest absolute Gasteiger partial charge is 0.225 e. The number of anilines is 4. The van der Waals surface area contributed by atoms with Crippen molar-refractivity contribution >= 4 is 34.2 Å². The van der Waals surface area contributed by atoms with Crippen LogP contribution in [0.1, 0.15) is 18.5 Å². The number of piperidine rings is 1. The predicted octanol–water partition coefficient (Wildman–Crippen LogP) is 3.23. The molecule has 4 aromatic rings. The summed E-state index contributed by atoms with van der Waals surface area (Å²) in [5, 5.41) is 4.48. The Morgan fingerprint density at radius 2 is 1.89 bits per heavy atom. The zero-order valence-corrected chi connectivity index (χ0v) is 20.4. The van der Waals surface area contributed by atoms with Crippen LogP contribution in [-0.2, 0) is 4.74 Å². The Hall–Kier alpha value is -3.76. The molecule has 36 heavy (non-hydrogen) atoms. The third-order valence-electron chi connectivity index (χ3n) is 6.90. The molecule has 0 bridgehead atoms. The molecule has 0 aliphatic carbocycles. The van der Waals surface area contributed by atoms with Crippen LogP contribution in [0.3, 0.4) is 0 Å². The first kappa shape index (κ1) is 22.7. The van der Waals surface area contributed by atoms with Gasteiger partial charge in [0, 0.05) is 43.6 Å². The summed E-state index contributed by atoms with van der Waals surface area (Å²) in [7, 11) is 0. The van der Waals surface area contributed by atoms with Gasteiger partial charge in [-0.25, -0.2) is 19.9 Å². The summed E-state index contributed by atoms with van der Waals surface area (Å²) >= 11 is 0. The number of aromatic nitrogens is 5. The summed E-state index contributed by atoms with van der Waals surface area (Å²) in [4.78, 5) is 26.2. The molecule has 0 spiro atoms. The highest BCUT2D eigenvalue weighted by molar-refractivity contribution is 5.92.